The molecule has 1 aliphatic rings. The number of nitrogens with one attached hydrogen (secondary N) is 1. The molecule has 1 N–H and O–H groups in total. The van der Waals surface area contributed by atoms with E-state index in [4.69, 9.17) is 0 Å². The van der Waals surface area contributed by atoms with Crippen molar-refractivity contribution in [1.82, 2.24) is 5.32 Å². The van der Waals surface area contributed by atoms with Crippen molar-refractivity contribution >= 4 is 23.1 Å². The Morgan fingerprint density at radius 2 is 2.25 bits per heavy atom. The molecule has 1 atom stereocenters. The Balaban J connectivity index is 1.85. The van der Waals surface area contributed by atoms with Gasteiger partial charge < -0.3 is 5.32 Å². The highest BCUT2D eigenvalue weighted by Gasteiger charge is 2.18. The van der Waals surface area contributed by atoms with Crippen LogP contribution in [0.15, 0.2) is 11.4 Å². The van der Waals surface area contributed by atoms with Crippen molar-refractivity contribution in [3.63, 3.8) is 0 Å². The van der Waals surface area contributed by atoms with Crippen LogP contribution < -0.4 is 5.32 Å². The minimum absolute atomic E-state index is 0.538. The number of rotatable bonds is 5. The third-order valence-corrected chi connectivity index (χ3v) is 5.65. The van der Waals surface area contributed by atoms with Gasteiger partial charge in [0.1, 0.15) is 0 Å². The minimum atomic E-state index is 0.538. The second-order valence-electron chi connectivity index (χ2n) is 4.57. The highest BCUT2D eigenvalue weighted by Crippen LogP contribution is 2.32. The van der Waals surface area contributed by atoms with E-state index < -0.39 is 0 Å². The Kier molecular flexibility index (Phi) is 4.74. The maximum Gasteiger partial charge on any atom is 0.0417 e. The van der Waals surface area contributed by atoms with E-state index in [0.29, 0.717) is 6.04 Å². The van der Waals surface area contributed by atoms with Crippen LogP contribution in [0.5, 0.6) is 0 Å². The Bertz CT molecular complexity index is 315. The first-order valence-corrected chi connectivity index (χ1v) is 8.06. The van der Waals surface area contributed by atoms with Crippen molar-refractivity contribution in [3.05, 3.63) is 21.9 Å². The van der Waals surface area contributed by atoms with E-state index in [1.54, 1.807) is 0 Å². The van der Waals surface area contributed by atoms with Crippen molar-refractivity contribution in [2.45, 2.75) is 43.9 Å². The van der Waals surface area contributed by atoms with E-state index in [9.17, 15) is 0 Å². The lowest BCUT2D eigenvalue weighted by Crippen LogP contribution is -2.19. The molecule has 2 rings (SSSR count). The van der Waals surface area contributed by atoms with Crippen LogP contribution in [0.25, 0.3) is 0 Å². The summed E-state index contributed by atoms with van der Waals surface area (Å²) in [5.41, 5.74) is 1.47. The van der Waals surface area contributed by atoms with Gasteiger partial charge in [-0.05, 0) is 43.8 Å². The molecule has 90 valence electrons. The highest BCUT2D eigenvalue weighted by atomic mass is 32.2. The predicted molar refractivity (Wildman–Crippen MR) is 75.6 cm³/mol. The van der Waals surface area contributed by atoms with Crippen molar-refractivity contribution in [2.24, 2.45) is 0 Å². The van der Waals surface area contributed by atoms with Gasteiger partial charge >= 0.3 is 0 Å². The molecule has 0 saturated heterocycles. The molecule has 1 saturated carbocycles. The fraction of sp³-hybridized carbons (Fsp3) is 0.692. The summed E-state index contributed by atoms with van der Waals surface area (Å²) >= 11 is 4.02. The van der Waals surface area contributed by atoms with Gasteiger partial charge in [0.2, 0.25) is 0 Å². The molecule has 0 spiro atoms. The maximum absolute atomic E-state index is 3.44. The smallest absolute Gasteiger partial charge is 0.0417 e. The van der Waals surface area contributed by atoms with Crippen LogP contribution in [0.2, 0.25) is 0 Å². The molecule has 1 unspecified atom stereocenters. The number of hydrogen-bond donors (Lipinski definition) is 1. The first kappa shape index (κ1) is 12.5. The van der Waals surface area contributed by atoms with Gasteiger partial charge in [-0.15, -0.1) is 11.3 Å². The van der Waals surface area contributed by atoms with Gasteiger partial charge in [-0.3, -0.25) is 0 Å². The third kappa shape index (κ3) is 3.25. The van der Waals surface area contributed by atoms with E-state index in [1.807, 2.05) is 11.3 Å². The number of thiophene rings is 1. The summed E-state index contributed by atoms with van der Waals surface area (Å²) in [7, 11) is 2.08. The lowest BCUT2D eigenvalue weighted by atomic mass is 10.2. The third-order valence-electron chi connectivity index (χ3n) is 3.30. The summed E-state index contributed by atoms with van der Waals surface area (Å²) in [4.78, 5) is 1.42. The minimum Gasteiger partial charge on any atom is -0.312 e. The second kappa shape index (κ2) is 6.08. The molecule has 0 radical (unpaired) electrons. The molecule has 0 aliphatic heterocycles. The summed E-state index contributed by atoms with van der Waals surface area (Å²) in [6.45, 7) is 2.19. The normalized spacial score (nSPS) is 19.1. The predicted octanol–water partition coefficient (Wildman–Crippen LogP) is 3.99. The standard InChI is InChI=1S/C13H21NS2/c1-10-7-11(8-15-10)13(14-2)9-16-12-5-3-4-6-12/h7-8,12-14H,3-6,9H2,1-2H3. The molecule has 0 aromatic carbocycles. The van der Waals surface area contributed by atoms with Crippen LogP contribution in [-0.4, -0.2) is 18.1 Å². The molecule has 16 heavy (non-hydrogen) atoms. The van der Waals surface area contributed by atoms with Gasteiger partial charge in [-0.2, -0.15) is 11.8 Å². The van der Waals surface area contributed by atoms with Crippen LogP contribution in [0.4, 0.5) is 0 Å². The monoisotopic (exact) mass is 255 g/mol. The van der Waals surface area contributed by atoms with Gasteiger partial charge in [0.05, 0.1) is 0 Å². The van der Waals surface area contributed by atoms with Gasteiger partial charge in [-0.25, -0.2) is 0 Å². The number of hydrogen-bond acceptors (Lipinski definition) is 3. The first-order chi connectivity index (χ1) is 7.79. The van der Waals surface area contributed by atoms with Gasteiger partial charge in [-0.1, -0.05) is 12.8 Å². The Labute approximate surface area is 107 Å². The van der Waals surface area contributed by atoms with Gasteiger partial charge in [0, 0.05) is 21.9 Å². The fourth-order valence-electron chi connectivity index (χ4n) is 2.28. The van der Waals surface area contributed by atoms with Crippen molar-refractivity contribution in [3.8, 4) is 0 Å². The fourth-order valence-corrected chi connectivity index (χ4v) is 4.53. The lowest BCUT2D eigenvalue weighted by Gasteiger charge is -2.17. The van der Waals surface area contributed by atoms with Crippen molar-refractivity contribution in [2.75, 3.05) is 12.8 Å². The molecule has 1 heterocycles. The van der Waals surface area contributed by atoms with E-state index in [-0.39, 0.29) is 0 Å². The zero-order valence-electron chi connectivity index (χ0n) is 10.2. The lowest BCUT2D eigenvalue weighted by molar-refractivity contribution is 0.662. The van der Waals surface area contributed by atoms with Crippen LogP contribution >= 0.6 is 23.1 Å². The second-order valence-corrected chi connectivity index (χ2v) is 7.02. The molecule has 1 aromatic rings. The molecule has 0 amide bonds. The van der Waals surface area contributed by atoms with Crippen molar-refractivity contribution < 1.29 is 0 Å². The molecule has 3 heteroatoms. The Morgan fingerprint density at radius 3 is 2.81 bits per heavy atom. The molecule has 0 bridgehead atoms. The Hall–Kier alpha value is 0.0100. The molecule has 1 nitrogen and oxygen atoms in total. The highest BCUT2D eigenvalue weighted by molar-refractivity contribution is 7.99. The largest absolute Gasteiger partial charge is 0.312 e. The summed E-state index contributed by atoms with van der Waals surface area (Å²) in [6.07, 6.45) is 5.76. The average molecular weight is 255 g/mol. The van der Waals surface area contributed by atoms with Crippen LogP contribution in [0, 0.1) is 6.92 Å². The van der Waals surface area contributed by atoms with E-state index in [0.717, 1.165) is 5.25 Å². The molecular formula is C13H21NS2. The summed E-state index contributed by atoms with van der Waals surface area (Å²) in [6, 6.07) is 2.86. The molecule has 1 fully saturated rings. The Morgan fingerprint density at radius 1 is 1.50 bits per heavy atom. The summed E-state index contributed by atoms with van der Waals surface area (Å²) < 4.78 is 0. The quantitative estimate of drug-likeness (QED) is 0.853. The van der Waals surface area contributed by atoms with Crippen LogP contribution in [-0.2, 0) is 0 Å². The zero-order valence-corrected chi connectivity index (χ0v) is 11.8. The van der Waals surface area contributed by atoms with Crippen molar-refractivity contribution in [1.29, 1.82) is 0 Å². The maximum atomic E-state index is 3.44. The molecular weight excluding hydrogens is 234 g/mol. The van der Waals surface area contributed by atoms with E-state index in [1.165, 1.54) is 41.9 Å². The topological polar surface area (TPSA) is 12.0 Å². The van der Waals surface area contributed by atoms with Gasteiger partial charge in [0.15, 0.2) is 0 Å². The van der Waals surface area contributed by atoms with E-state index >= 15 is 0 Å². The molecule has 1 aliphatic carbocycles. The first-order valence-electron chi connectivity index (χ1n) is 6.13. The zero-order chi connectivity index (χ0) is 11.4. The summed E-state index contributed by atoms with van der Waals surface area (Å²) in [5, 5.41) is 6.67. The SMILES string of the molecule is CNC(CSC1CCCC1)c1csc(C)c1. The van der Waals surface area contributed by atoms with E-state index in [2.05, 4.69) is 42.5 Å². The molecule has 1 aromatic heterocycles. The summed E-state index contributed by atoms with van der Waals surface area (Å²) in [5.74, 6) is 1.22. The number of aryl methyl sites for hydroxylation is 1. The van der Waals surface area contributed by atoms with Crippen LogP contribution in [0.3, 0.4) is 0 Å². The van der Waals surface area contributed by atoms with Gasteiger partial charge in [0.25, 0.3) is 0 Å². The van der Waals surface area contributed by atoms with Crippen LogP contribution in [0.1, 0.15) is 42.2 Å². The average Bonchev–Trinajstić information content (AvgIpc) is 2.91. The number of thioether (sulfide) groups is 1.